The molecule has 4 nitrogen and oxygen atoms in total. The molecular weight excluding hydrogens is 264 g/mol. The van der Waals surface area contributed by atoms with Crippen LogP contribution in [0.5, 0.6) is 5.75 Å². The maximum absolute atomic E-state index is 12.7. The Bertz CT molecular complexity index is 690. The normalized spacial score (nSPS) is 17.5. The van der Waals surface area contributed by atoms with E-state index in [9.17, 15) is 4.79 Å². The largest absolute Gasteiger partial charge is 0.497 e. The highest BCUT2D eigenvalue weighted by atomic mass is 16.5. The van der Waals surface area contributed by atoms with E-state index in [0.29, 0.717) is 0 Å². The molecule has 108 valence electrons. The molecule has 0 saturated heterocycles. The van der Waals surface area contributed by atoms with Gasteiger partial charge in [0.2, 0.25) is 0 Å². The van der Waals surface area contributed by atoms with Gasteiger partial charge in [-0.25, -0.2) is 9.97 Å². The van der Waals surface area contributed by atoms with Crippen molar-refractivity contribution >= 4 is 5.78 Å². The van der Waals surface area contributed by atoms with Crippen molar-refractivity contribution in [2.45, 2.75) is 32.6 Å². The fourth-order valence-electron chi connectivity index (χ4n) is 2.97. The number of fused-ring (bicyclic) bond motifs is 1. The van der Waals surface area contributed by atoms with Crippen molar-refractivity contribution in [1.29, 1.82) is 0 Å². The van der Waals surface area contributed by atoms with Crippen molar-refractivity contribution in [1.82, 2.24) is 9.97 Å². The van der Waals surface area contributed by atoms with Crippen molar-refractivity contribution in [3.8, 4) is 5.75 Å². The molecular formula is C17H18N2O2. The van der Waals surface area contributed by atoms with E-state index in [0.717, 1.165) is 46.9 Å². The molecule has 4 heteroatoms. The molecule has 0 spiro atoms. The Balaban J connectivity index is 1.98. The first kappa shape index (κ1) is 13.7. The minimum Gasteiger partial charge on any atom is -0.497 e. The van der Waals surface area contributed by atoms with Crippen LogP contribution in [0.4, 0.5) is 0 Å². The Morgan fingerprint density at radius 1 is 1.19 bits per heavy atom. The van der Waals surface area contributed by atoms with Gasteiger partial charge in [0.05, 0.1) is 18.7 Å². The number of rotatable bonds is 2. The SMILES string of the molecule is COc1ccc2c(c1)CCC(c1cc(C)nc(C)n1)C2=O. The molecule has 0 radical (unpaired) electrons. The van der Waals surface area contributed by atoms with Gasteiger partial charge in [0, 0.05) is 11.3 Å². The summed E-state index contributed by atoms with van der Waals surface area (Å²) >= 11 is 0. The second kappa shape index (κ2) is 5.28. The van der Waals surface area contributed by atoms with E-state index >= 15 is 0 Å². The lowest BCUT2D eigenvalue weighted by Gasteiger charge is -2.23. The number of aromatic nitrogens is 2. The molecule has 0 saturated carbocycles. The van der Waals surface area contributed by atoms with Gasteiger partial charge in [-0.3, -0.25) is 4.79 Å². The van der Waals surface area contributed by atoms with Crippen LogP contribution >= 0.6 is 0 Å². The number of Topliss-reactive ketones (excluding diaryl/α,β-unsaturated/α-hetero) is 1. The van der Waals surface area contributed by atoms with Crippen molar-refractivity contribution in [3.05, 3.63) is 52.6 Å². The van der Waals surface area contributed by atoms with Crippen molar-refractivity contribution in [2.24, 2.45) is 0 Å². The predicted octanol–water partition coefficient (Wildman–Crippen LogP) is 3.01. The molecule has 0 fully saturated rings. The van der Waals surface area contributed by atoms with Crippen LogP contribution in [0.15, 0.2) is 24.3 Å². The van der Waals surface area contributed by atoms with Crippen molar-refractivity contribution < 1.29 is 9.53 Å². The third-order valence-electron chi connectivity index (χ3n) is 3.94. The highest BCUT2D eigenvalue weighted by molar-refractivity contribution is 6.03. The highest BCUT2D eigenvalue weighted by Gasteiger charge is 2.30. The van der Waals surface area contributed by atoms with Crippen molar-refractivity contribution in [2.75, 3.05) is 7.11 Å². The van der Waals surface area contributed by atoms with Crippen LogP contribution in [0.2, 0.25) is 0 Å². The second-order valence-corrected chi connectivity index (χ2v) is 5.46. The molecule has 1 aromatic carbocycles. The first-order chi connectivity index (χ1) is 10.1. The number of nitrogens with zero attached hydrogens (tertiary/aromatic N) is 2. The van der Waals surface area contributed by atoms with Crippen LogP contribution in [-0.2, 0) is 6.42 Å². The number of methoxy groups -OCH3 is 1. The van der Waals surface area contributed by atoms with E-state index in [4.69, 9.17) is 4.74 Å². The lowest BCUT2D eigenvalue weighted by molar-refractivity contribution is 0.0944. The fourth-order valence-corrected chi connectivity index (χ4v) is 2.97. The fraction of sp³-hybridized carbons (Fsp3) is 0.353. The van der Waals surface area contributed by atoms with Gasteiger partial charge in [-0.15, -0.1) is 0 Å². The summed E-state index contributed by atoms with van der Waals surface area (Å²) in [6.45, 7) is 3.80. The highest BCUT2D eigenvalue weighted by Crippen LogP contribution is 2.33. The monoisotopic (exact) mass is 282 g/mol. The molecule has 0 amide bonds. The zero-order valence-electron chi connectivity index (χ0n) is 12.5. The number of hydrogen-bond donors (Lipinski definition) is 0. The third kappa shape index (κ3) is 2.53. The maximum Gasteiger partial charge on any atom is 0.172 e. The Morgan fingerprint density at radius 2 is 2.00 bits per heavy atom. The smallest absolute Gasteiger partial charge is 0.172 e. The average molecular weight is 282 g/mol. The van der Waals surface area contributed by atoms with Gasteiger partial charge in [-0.1, -0.05) is 0 Å². The molecule has 1 aromatic heterocycles. The summed E-state index contributed by atoms with van der Waals surface area (Å²) in [6, 6.07) is 7.59. The summed E-state index contributed by atoms with van der Waals surface area (Å²) in [5, 5.41) is 0. The number of ketones is 1. The van der Waals surface area contributed by atoms with Gasteiger partial charge in [-0.05, 0) is 56.5 Å². The standard InChI is InChI=1S/C17H18N2O2/c1-10-8-16(19-11(2)18-10)15-6-4-12-9-13(21-3)5-7-14(12)17(15)20/h5,7-9,15H,4,6H2,1-3H3. The Morgan fingerprint density at radius 3 is 2.71 bits per heavy atom. The van der Waals surface area contributed by atoms with E-state index in [1.54, 1.807) is 7.11 Å². The molecule has 2 aromatic rings. The van der Waals surface area contributed by atoms with Gasteiger partial charge in [0.25, 0.3) is 0 Å². The number of carbonyl (C=O) groups is 1. The third-order valence-corrected chi connectivity index (χ3v) is 3.94. The quantitative estimate of drug-likeness (QED) is 0.849. The number of hydrogen-bond acceptors (Lipinski definition) is 4. The molecule has 21 heavy (non-hydrogen) atoms. The predicted molar refractivity (Wildman–Crippen MR) is 79.9 cm³/mol. The molecule has 3 rings (SSSR count). The van der Waals surface area contributed by atoms with Crippen LogP contribution in [0.3, 0.4) is 0 Å². The van der Waals surface area contributed by atoms with E-state index in [2.05, 4.69) is 9.97 Å². The van der Waals surface area contributed by atoms with Crippen LogP contribution < -0.4 is 4.74 Å². The van der Waals surface area contributed by atoms with Crippen LogP contribution in [0, 0.1) is 13.8 Å². The van der Waals surface area contributed by atoms with E-state index in [1.807, 2.05) is 38.1 Å². The average Bonchev–Trinajstić information content (AvgIpc) is 2.46. The first-order valence-corrected chi connectivity index (χ1v) is 7.12. The lowest BCUT2D eigenvalue weighted by Crippen LogP contribution is -2.22. The molecule has 0 N–H and O–H groups in total. The molecule has 1 unspecified atom stereocenters. The minimum atomic E-state index is -0.161. The Hall–Kier alpha value is -2.23. The molecule has 1 aliphatic rings. The first-order valence-electron chi connectivity index (χ1n) is 7.12. The second-order valence-electron chi connectivity index (χ2n) is 5.46. The molecule has 1 aliphatic carbocycles. The molecule has 0 aliphatic heterocycles. The zero-order chi connectivity index (χ0) is 15.0. The van der Waals surface area contributed by atoms with Gasteiger partial charge < -0.3 is 4.74 Å². The van der Waals surface area contributed by atoms with E-state index in [1.165, 1.54) is 0 Å². The van der Waals surface area contributed by atoms with E-state index in [-0.39, 0.29) is 11.7 Å². The Labute approximate surface area is 124 Å². The summed E-state index contributed by atoms with van der Waals surface area (Å²) in [7, 11) is 1.64. The number of aryl methyl sites for hydroxylation is 3. The van der Waals surface area contributed by atoms with Gasteiger partial charge in [-0.2, -0.15) is 0 Å². The van der Waals surface area contributed by atoms with Gasteiger partial charge in [0.1, 0.15) is 11.6 Å². The number of carbonyl (C=O) groups excluding carboxylic acids is 1. The summed E-state index contributed by atoms with van der Waals surface area (Å²) in [5.41, 5.74) is 3.61. The topological polar surface area (TPSA) is 52.1 Å². The summed E-state index contributed by atoms with van der Waals surface area (Å²) in [5.74, 6) is 1.51. The summed E-state index contributed by atoms with van der Waals surface area (Å²) in [4.78, 5) is 21.5. The number of ether oxygens (including phenoxy) is 1. The maximum atomic E-state index is 12.7. The van der Waals surface area contributed by atoms with E-state index < -0.39 is 0 Å². The van der Waals surface area contributed by atoms with Crippen LogP contribution in [0.25, 0.3) is 0 Å². The summed E-state index contributed by atoms with van der Waals surface area (Å²) < 4.78 is 5.23. The zero-order valence-corrected chi connectivity index (χ0v) is 12.5. The number of benzene rings is 1. The molecule has 1 heterocycles. The summed E-state index contributed by atoms with van der Waals surface area (Å²) in [6.07, 6.45) is 1.65. The minimum absolute atomic E-state index is 0.149. The van der Waals surface area contributed by atoms with Gasteiger partial charge >= 0.3 is 0 Å². The van der Waals surface area contributed by atoms with Crippen LogP contribution in [-0.4, -0.2) is 22.9 Å². The van der Waals surface area contributed by atoms with Gasteiger partial charge in [0.15, 0.2) is 5.78 Å². The van der Waals surface area contributed by atoms with Crippen molar-refractivity contribution in [3.63, 3.8) is 0 Å². The molecule has 1 atom stereocenters. The Kier molecular flexibility index (Phi) is 3.45. The molecule has 0 bridgehead atoms. The lowest BCUT2D eigenvalue weighted by atomic mass is 9.81. The van der Waals surface area contributed by atoms with Crippen LogP contribution in [0.1, 0.15) is 45.5 Å².